The van der Waals surface area contributed by atoms with Crippen LogP contribution in [0.4, 0.5) is 0 Å². The van der Waals surface area contributed by atoms with Gasteiger partial charge in [0.15, 0.2) is 0 Å². The second-order valence-corrected chi connectivity index (χ2v) is 5.65. The van der Waals surface area contributed by atoms with Crippen molar-refractivity contribution in [1.29, 1.82) is 0 Å². The molecule has 2 rings (SSSR count). The summed E-state index contributed by atoms with van der Waals surface area (Å²) < 4.78 is 0. The fourth-order valence-electron chi connectivity index (χ4n) is 2.74. The molecule has 1 saturated carbocycles. The van der Waals surface area contributed by atoms with E-state index in [0.717, 1.165) is 11.8 Å². The predicted octanol–water partition coefficient (Wildman–Crippen LogP) is 4.75. The van der Waals surface area contributed by atoms with E-state index >= 15 is 0 Å². The molecule has 0 atom stereocenters. The molecule has 0 unspecified atom stereocenters. The molecule has 0 heterocycles. The van der Waals surface area contributed by atoms with Crippen molar-refractivity contribution < 1.29 is 0 Å². The fraction of sp³-hybridized carbons (Fsp3) is 0.625. The third-order valence-electron chi connectivity index (χ3n) is 4.10. The summed E-state index contributed by atoms with van der Waals surface area (Å²) in [6.07, 6.45) is 8.52. The van der Waals surface area contributed by atoms with Crippen LogP contribution in [0.5, 0.6) is 0 Å². The highest BCUT2D eigenvalue weighted by Gasteiger charge is 2.17. The molecule has 1 aromatic carbocycles. The minimum atomic E-state index is 0.982. The van der Waals surface area contributed by atoms with E-state index in [4.69, 9.17) is 0 Å². The SMILES string of the molecule is Cc1ccc(CCC2CCC(C)CC2)cc1. The van der Waals surface area contributed by atoms with Crippen molar-refractivity contribution in [3.05, 3.63) is 35.4 Å². The van der Waals surface area contributed by atoms with Crippen LogP contribution in [-0.4, -0.2) is 0 Å². The first-order valence-electron chi connectivity index (χ1n) is 6.79. The summed E-state index contributed by atoms with van der Waals surface area (Å²) in [5.74, 6) is 1.98. The Morgan fingerprint density at radius 1 is 1.00 bits per heavy atom. The van der Waals surface area contributed by atoms with Gasteiger partial charge in [0.05, 0.1) is 0 Å². The maximum absolute atomic E-state index is 2.40. The van der Waals surface area contributed by atoms with Crippen LogP contribution < -0.4 is 0 Å². The highest BCUT2D eigenvalue weighted by molar-refractivity contribution is 5.21. The first-order chi connectivity index (χ1) is 7.74. The summed E-state index contributed by atoms with van der Waals surface area (Å²) in [6, 6.07) is 9.05. The van der Waals surface area contributed by atoms with Crippen molar-refractivity contribution in [1.82, 2.24) is 0 Å². The molecule has 0 spiro atoms. The van der Waals surface area contributed by atoms with Gasteiger partial charge < -0.3 is 0 Å². The van der Waals surface area contributed by atoms with Crippen LogP contribution in [0.1, 0.15) is 50.2 Å². The second kappa shape index (κ2) is 5.52. The molecular formula is C16H24. The van der Waals surface area contributed by atoms with E-state index in [-0.39, 0.29) is 0 Å². The van der Waals surface area contributed by atoms with Crippen LogP contribution >= 0.6 is 0 Å². The Balaban J connectivity index is 1.77. The van der Waals surface area contributed by atoms with Crippen LogP contribution in [0.25, 0.3) is 0 Å². The lowest BCUT2D eigenvalue weighted by atomic mass is 9.80. The number of rotatable bonds is 3. The third-order valence-corrected chi connectivity index (χ3v) is 4.10. The van der Waals surface area contributed by atoms with E-state index < -0.39 is 0 Å². The minimum Gasteiger partial charge on any atom is -0.0625 e. The normalized spacial score (nSPS) is 25.6. The van der Waals surface area contributed by atoms with Gasteiger partial charge in [0.1, 0.15) is 0 Å². The maximum atomic E-state index is 2.40. The first-order valence-corrected chi connectivity index (χ1v) is 6.79. The molecule has 0 heteroatoms. The summed E-state index contributed by atoms with van der Waals surface area (Å²) in [7, 11) is 0. The van der Waals surface area contributed by atoms with Gasteiger partial charge in [-0.25, -0.2) is 0 Å². The highest BCUT2D eigenvalue weighted by Crippen LogP contribution is 2.31. The Kier molecular flexibility index (Phi) is 4.04. The molecule has 0 saturated heterocycles. The van der Waals surface area contributed by atoms with Crippen molar-refractivity contribution in [2.24, 2.45) is 11.8 Å². The third kappa shape index (κ3) is 3.37. The van der Waals surface area contributed by atoms with Gasteiger partial charge in [-0.1, -0.05) is 62.4 Å². The lowest BCUT2D eigenvalue weighted by Crippen LogP contribution is -2.12. The molecule has 1 aliphatic rings. The Morgan fingerprint density at radius 3 is 2.25 bits per heavy atom. The molecule has 0 aliphatic heterocycles. The van der Waals surface area contributed by atoms with E-state index in [1.165, 1.54) is 49.7 Å². The standard InChI is InChI=1S/C16H24/c1-13-3-7-15(8-4-13)11-12-16-9-5-14(2)6-10-16/h3-4,7-8,14,16H,5-6,9-12H2,1-2H3. The summed E-state index contributed by atoms with van der Waals surface area (Å²) in [4.78, 5) is 0. The molecular weight excluding hydrogens is 192 g/mol. The lowest BCUT2D eigenvalue weighted by Gasteiger charge is -2.26. The van der Waals surface area contributed by atoms with Gasteiger partial charge in [0.2, 0.25) is 0 Å². The van der Waals surface area contributed by atoms with Crippen LogP contribution in [0, 0.1) is 18.8 Å². The van der Waals surface area contributed by atoms with Gasteiger partial charge in [-0.15, -0.1) is 0 Å². The molecule has 0 N–H and O–H groups in total. The molecule has 0 amide bonds. The number of benzene rings is 1. The van der Waals surface area contributed by atoms with Crippen molar-refractivity contribution >= 4 is 0 Å². The number of aryl methyl sites for hydroxylation is 2. The Labute approximate surface area is 100 Å². The quantitative estimate of drug-likeness (QED) is 0.683. The van der Waals surface area contributed by atoms with Gasteiger partial charge in [-0.05, 0) is 37.2 Å². The Hall–Kier alpha value is -0.780. The summed E-state index contributed by atoms with van der Waals surface area (Å²) in [5.41, 5.74) is 2.89. The maximum Gasteiger partial charge on any atom is -0.0276 e. The zero-order valence-corrected chi connectivity index (χ0v) is 10.7. The average molecular weight is 216 g/mol. The van der Waals surface area contributed by atoms with Crippen LogP contribution in [0.2, 0.25) is 0 Å². The predicted molar refractivity (Wildman–Crippen MR) is 70.6 cm³/mol. The molecule has 1 aromatic rings. The second-order valence-electron chi connectivity index (χ2n) is 5.65. The van der Waals surface area contributed by atoms with E-state index in [2.05, 4.69) is 38.1 Å². The highest BCUT2D eigenvalue weighted by atomic mass is 14.2. The molecule has 0 nitrogen and oxygen atoms in total. The zero-order valence-electron chi connectivity index (χ0n) is 10.7. The Morgan fingerprint density at radius 2 is 1.62 bits per heavy atom. The van der Waals surface area contributed by atoms with Gasteiger partial charge in [-0.2, -0.15) is 0 Å². The van der Waals surface area contributed by atoms with Gasteiger partial charge in [-0.3, -0.25) is 0 Å². The van der Waals surface area contributed by atoms with E-state index in [0.29, 0.717) is 0 Å². The molecule has 0 radical (unpaired) electrons. The van der Waals surface area contributed by atoms with Crippen molar-refractivity contribution in [2.45, 2.75) is 52.4 Å². The van der Waals surface area contributed by atoms with Gasteiger partial charge in [0.25, 0.3) is 0 Å². The smallest absolute Gasteiger partial charge is 0.0276 e. The minimum absolute atomic E-state index is 0.982. The van der Waals surface area contributed by atoms with Crippen molar-refractivity contribution in [2.75, 3.05) is 0 Å². The van der Waals surface area contributed by atoms with Crippen LogP contribution in [0.3, 0.4) is 0 Å². The van der Waals surface area contributed by atoms with Gasteiger partial charge >= 0.3 is 0 Å². The van der Waals surface area contributed by atoms with E-state index in [1.807, 2.05) is 0 Å². The molecule has 1 aliphatic carbocycles. The summed E-state index contributed by atoms with van der Waals surface area (Å²) >= 11 is 0. The number of hydrogen-bond acceptors (Lipinski definition) is 0. The Bertz CT molecular complexity index is 301. The summed E-state index contributed by atoms with van der Waals surface area (Å²) in [5, 5.41) is 0. The first kappa shape index (κ1) is 11.7. The summed E-state index contributed by atoms with van der Waals surface area (Å²) in [6.45, 7) is 4.56. The molecule has 88 valence electrons. The van der Waals surface area contributed by atoms with E-state index in [1.54, 1.807) is 0 Å². The topological polar surface area (TPSA) is 0 Å². The zero-order chi connectivity index (χ0) is 11.4. The lowest BCUT2D eigenvalue weighted by molar-refractivity contribution is 0.278. The van der Waals surface area contributed by atoms with Crippen LogP contribution in [0.15, 0.2) is 24.3 Å². The van der Waals surface area contributed by atoms with Crippen molar-refractivity contribution in [3.63, 3.8) is 0 Å². The molecule has 0 bridgehead atoms. The van der Waals surface area contributed by atoms with Crippen LogP contribution in [-0.2, 0) is 6.42 Å². The van der Waals surface area contributed by atoms with Gasteiger partial charge in [0, 0.05) is 0 Å². The monoisotopic (exact) mass is 216 g/mol. The molecule has 0 aromatic heterocycles. The molecule has 16 heavy (non-hydrogen) atoms. The van der Waals surface area contributed by atoms with E-state index in [9.17, 15) is 0 Å². The largest absolute Gasteiger partial charge is 0.0625 e. The number of hydrogen-bond donors (Lipinski definition) is 0. The molecule has 1 fully saturated rings. The fourth-order valence-corrected chi connectivity index (χ4v) is 2.74. The van der Waals surface area contributed by atoms with Crippen molar-refractivity contribution in [3.8, 4) is 0 Å². The average Bonchev–Trinajstić information content (AvgIpc) is 2.30.